The maximum atomic E-state index is 4.94. The Labute approximate surface area is 142 Å². The Morgan fingerprint density at radius 2 is 1.42 bits per heavy atom. The molecule has 0 N–H and O–H groups in total. The number of hydrogen-bond acceptors (Lipinski definition) is 2. The summed E-state index contributed by atoms with van der Waals surface area (Å²) in [6.07, 6.45) is 0. The topological polar surface area (TPSA) is 25.8 Å². The van der Waals surface area contributed by atoms with E-state index < -0.39 is 0 Å². The minimum absolute atomic E-state index is 0.0336. The molecule has 4 rings (SSSR count). The van der Waals surface area contributed by atoms with E-state index in [2.05, 4.69) is 81.4 Å². The smallest absolute Gasteiger partial charge is 0.160 e. The maximum absolute atomic E-state index is 4.94. The van der Waals surface area contributed by atoms with Gasteiger partial charge in [0.15, 0.2) is 5.82 Å². The highest BCUT2D eigenvalue weighted by Gasteiger charge is 2.20. The highest BCUT2D eigenvalue weighted by molar-refractivity contribution is 5.88. The van der Waals surface area contributed by atoms with E-state index in [-0.39, 0.29) is 5.41 Å². The summed E-state index contributed by atoms with van der Waals surface area (Å²) >= 11 is 0. The highest BCUT2D eigenvalue weighted by atomic mass is 14.9. The van der Waals surface area contributed by atoms with E-state index in [1.54, 1.807) is 0 Å². The molecule has 0 bridgehead atoms. The van der Waals surface area contributed by atoms with Gasteiger partial charge in [-0.05, 0) is 22.9 Å². The zero-order valence-electron chi connectivity index (χ0n) is 14.2. The molecule has 0 saturated carbocycles. The third-order valence-electron chi connectivity index (χ3n) is 4.32. The molecule has 0 fully saturated rings. The number of fused-ring (bicyclic) bond motifs is 2. The van der Waals surface area contributed by atoms with Crippen LogP contribution in [-0.2, 0) is 5.41 Å². The second kappa shape index (κ2) is 5.41. The van der Waals surface area contributed by atoms with Crippen molar-refractivity contribution in [2.45, 2.75) is 26.2 Å². The van der Waals surface area contributed by atoms with Crippen LogP contribution in [0.5, 0.6) is 0 Å². The van der Waals surface area contributed by atoms with Gasteiger partial charge in [-0.15, -0.1) is 0 Å². The lowest BCUT2D eigenvalue weighted by molar-refractivity contribution is 0.575. The van der Waals surface area contributed by atoms with Crippen LogP contribution in [0.15, 0.2) is 66.7 Å². The lowest BCUT2D eigenvalue weighted by Gasteiger charge is -2.20. The quantitative estimate of drug-likeness (QED) is 0.447. The standard InChI is InChI=1S/C22H20N2/c1-22(2,3)20-18-10-6-7-11-19(18)23-21(24-20)17-13-12-15-8-4-5-9-16(15)14-17/h4-14H,1-3H3. The lowest BCUT2D eigenvalue weighted by atomic mass is 9.89. The SMILES string of the molecule is CC(C)(C)c1nc(-c2ccc3ccccc3c2)nc2ccccc12. The molecule has 0 aliphatic heterocycles. The van der Waals surface area contributed by atoms with Crippen molar-refractivity contribution in [1.82, 2.24) is 9.97 Å². The summed E-state index contributed by atoms with van der Waals surface area (Å²) in [5.41, 5.74) is 3.12. The normalized spacial score (nSPS) is 12.0. The number of benzene rings is 3. The molecule has 0 atom stereocenters. The Kier molecular flexibility index (Phi) is 3.34. The van der Waals surface area contributed by atoms with Gasteiger partial charge in [0.25, 0.3) is 0 Å². The molecule has 0 aliphatic rings. The molecule has 1 aromatic heterocycles. The third kappa shape index (κ3) is 2.54. The molecule has 2 nitrogen and oxygen atoms in total. The molecule has 4 aromatic rings. The van der Waals surface area contributed by atoms with Crippen LogP contribution in [-0.4, -0.2) is 9.97 Å². The summed E-state index contributed by atoms with van der Waals surface area (Å²) in [6.45, 7) is 6.60. The van der Waals surface area contributed by atoms with Crippen molar-refractivity contribution < 1.29 is 0 Å². The lowest BCUT2D eigenvalue weighted by Crippen LogP contribution is -2.15. The van der Waals surface area contributed by atoms with Crippen molar-refractivity contribution in [3.63, 3.8) is 0 Å². The van der Waals surface area contributed by atoms with Gasteiger partial charge in [-0.25, -0.2) is 9.97 Å². The van der Waals surface area contributed by atoms with E-state index in [1.165, 1.54) is 10.8 Å². The van der Waals surface area contributed by atoms with Gasteiger partial charge in [-0.1, -0.05) is 75.4 Å². The molecule has 24 heavy (non-hydrogen) atoms. The summed E-state index contributed by atoms with van der Waals surface area (Å²) in [4.78, 5) is 9.75. The van der Waals surface area contributed by atoms with Crippen molar-refractivity contribution in [1.29, 1.82) is 0 Å². The average molecular weight is 312 g/mol. The van der Waals surface area contributed by atoms with Crippen molar-refractivity contribution >= 4 is 21.7 Å². The second-order valence-corrected chi connectivity index (χ2v) is 7.22. The van der Waals surface area contributed by atoms with Gasteiger partial charge in [0.05, 0.1) is 11.2 Å². The molecule has 0 aliphatic carbocycles. The molecule has 1 heterocycles. The Morgan fingerprint density at radius 1 is 0.708 bits per heavy atom. The molecular weight excluding hydrogens is 292 g/mol. The van der Waals surface area contributed by atoms with E-state index in [4.69, 9.17) is 9.97 Å². The molecule has 0 saturated heterocycles. The van der Waals surface area contributed by atoms with Gasteiger partial charge in [0.1, 0.15) is 0 Å². The maximum Gasteiger partial charge on any atom is 0.160 e. The molecule has 0 unspecified atom stereocenters. The zero-order valence-corrected chi connectivity index (χ0v) is 14.2. The number of aromatic nitrogens is 2. The molecule has 2 heteroatoms. The van der Waals surface area contributed by atoms with E-state index in [9.17, 15) is 0 Å². The number of hydrogen-bond donors (Lipinski definition) is 0. The fourth-order valence-corrected chi connectivity index (χ4v) is 3.11. The average Bonchev–Trinajstić information content (AvgIpc) is 2.59. The monoisotopic (exact) mass is 312 g/mol. The fourth-order valence-electron chi connectivity index (χ4n) is 3.11. The Balaban J connectivity index is 1.98. The van der Waals surface area contributed by atoms with Crippen LogP contribution in [0.25, 0.3) is 33.1 Å². The molecule has 3 aromatic carbocycles. The number of nitrogens with zero attached hydrogens (tertiary/aromatic N) is 2. The van der Waals surface area contributed by atoms with Crippen molar-refractivity contribution in [3.8, 4) is 11.4 Å². The summed E-state index contributed by atoms with van der Waals surface area (Å²) in [5, 5.41) is 3.58. The zero-order chi connectivity index (χ0) is 16.7. The van der Waals surface area contributed by atoms with Crippen LogP contribution in [0.3, 0.4) is 0 Å². The third-order valence-corrected chi connectivity index (χ3v) is 4.32. The minimum atomic E-state index is -0.0336. The van der Waals surface area contributed by atoms with Crippen molar-refractivity contribution in [2.24, 2.45) is 0 Å². The Morgan fingerprint density at radius 3 is 2.21 bits per heavy atom. The minimum Gasteiger partial charge on any atom is -0.232 e. The fraction of sp³-hybridized carbons (Fsp3) is 0.182. The predicted octanol–water partition coefficient (Wildman–Crippen LogP) is 5.75. The highest BCUT2D eigenvalue weighted by Crippen LogP contribution is 2.30. The first-order valence-electron chi connectivity index (χ1n) is 8.29. The Hall–Kier alpha value is -2.74. The summed E-state index contributed by atoms with van der Waals surface area (Å²) < 4.78 is 0. The van der Waals surface area contributed by atoms with Gasteiger partial charge >= 0.3 is 0 Å². The molecule has 0 spiro atoms. The number of rotatable bonds is 1. The van der Waals surface area contributed by atoms with Crippen LogP contribution in [0.2, 0.25) is 0 Å². The number of para-hydroxylation sites is 1. The van der Waals surface area contributed by atoms with Crippen LogP contribution >= 0.6 is 0 Å². The van der Waals surface area contributed by atoms with Crippen LogP contribution in [0.4, 0.5) is 0 Å². The first kappa shape index (κ1) is 14.8. The van der Waals surface area contributed by atoms with Crippen LogP contribution < -0.4 is 0 Å². The summed E-state index contributed by atoms with van der Waals surface area (Å²) in [7, 11) is 0. The largest absolute Gasteiger partial charge is 0.232 e. The first-order valence-corrected chi connectivity index (χ1v) is 8.29. The van der Waals surface area contributed by atoms with Gasteiger partial charge in [-0.2, -0.15) is 0 Å². The van der Waals surface area contributed by atoms with Gasteiger partial charge in [0, 0.05) is 16.4 Å². The first-order chi connectivity index (χ1) is 11.5. The van der Waals surface area contributed by atoms with Gasteiger partial charge < -0.3 is 0 Å². The molecule has 0 amide bonds. The van der Waals surface area contributed by atoms with Crippen molar-refractivity contribution in [2.75, 3.05) is 0 Å². The van der Waals surface area contributed by atoms with E-state index in [0.29, 0.717) is 0 Å². The summed E-state index contributed by atoms with van der Waals surface area (Å²) in [6, 6.07) is 23.1. The van der Waals surface area contributed by atoms with E-state index >= 15 is 0 Å². The van der Waals surface area contributed by atoms with E-state index in [1.807, 2.05) is 6.07 Å². The molecular formula is C22H20N2. The van der Waals surface area contributed by atoms with Gasteiger partial charge in [0.2, 0.25) is 0 Å². The molecule has 118 valence electrons. The van der Waals surface area contributed by atoms with Crippen molar-refractivity contribution in [3.05, 3.63) is 72.4 Å². The van der Waals surface area contributed by atoms with Crippen LogP contribution in [0.1, 0.15) is 26.5 Å². The second-order valence-electron chi connectivity index (χ2n) is 7.22. The summed E-state index contributed by atoms with van der Waals surface area (Å²) in [5.74, 6) is 0.796. The van der Waals surface area contributed by atoms with Gasteiger partial charge in [-0.3, -0.25) is 0 Å². The molecule has 0 radical (unpaired) electrons. The predicted molar refractivity (Wildman–Crippen MR) is 101 cm³/mol. The van der Waals surface area contributed by atoms with E-state index in [0.717, 1.165) is 28.0 Å². The van der Waals surface area contributed by atoms with Crippen LogP contribution in [0, 0.1) is 0 Å². The Bertz CT molecular complexity index is 1040.